The number of carbonyl (C=O) groups excluding carboxylic acids is 1. The normalized spacial score (nSPS) is 18.6. The number of amides is 1. The first-order chi connectivity index (χ1) is 14.5. The third kappa shape index (κ3) is 4.18. The van der Waals surface area contributed by atoms with Crippen LogP contribution in [-0.4, -0.2) is 61.8 Å². The molecule has 2 aromatic heterocycles. The van der Waals surface area contributed by atoms with Crippen molar-refractivity contribution in [2.75, 3.05) is 25.0 Å². The lowest BCUT2D eigenvalue weighted by molar-refractivity contribution is 0.0752. The number of hydrogen-bond donors (Lipinski definition) is 3. The second kappa shape index (κ2) is 8.62. The molecule has 4 rings (SSSR count). The minimum absolute atomic E-state index is 0.103. The molecule has 1 aromatic carbocycles. The Labute approximate surface area is 175 Å². The van der Waals surface area contributed by atoms with E-state index < -0.39 is 6.10 Å². The molecule has 1 aliphatic heterocycles. The van der Waals surface area contributed by atoms with E-state index in [4.69, 9.17) is 0 Å². The highest BCUT2D eigenvalue weighted by Crippen LogP contribution is 2.28. The number of carbonyl (C=O) groups is 1. The zero-order chi connectivity index (χ0) is 21.1. The number of aromatic amines is 1. The highest BCUT2D eigenvalue weighted by Gasteiger charge is 2.36. The van der Waals surface area contributed by atoms with Crippen molar-refractivity contribution in [2.45, 2.75) is 32.3 Å². The van der Waals surface area contributed by atoms with Crippen LogP contribution in [0.3, 0.4) is 0 Å². The molecule has 0 saturated carbocycles. The number of anilines is 1. The van der Waals surface area contributed by atoms with Crippen molar-refractivity contribution >= 4 is 11.7 Å². The molecule has 3 aromatic rings. The quantitative estimate of drug-likeness (QED) is 0.579. The van der Waals surface area contributed by atoms with E-state index in [2.05, 4.69) is 25.5 Å². The monoisotopic (exact) mass is 406 g/mol. The zero-order valence-electron chi connectivity index (χ0n) is 17.2. The van der Waals surface area contributed by atoms with E-state index in [9.17, 15) is 9.90 Å². The lowest BCUT2D eigenvalue weighted by Gasteiger charge is -2.17. The summed E-state index contributed by atoms with van der Waals surface area (Å²) in [5.74, 6) is 0.459. The van der Waals surface area contributed by atoms with Crippen molar-refractivity contribution in [3.63, 3.8) is 0 Å². The summed E-state index contributed by atoms with van der Waals surface area (Å²) >= 11 is 0. The van der Waals surface area contributed by atoms with Crippen molar-refractivity contribution in [1.82, 2.24) is 25.1 Å². The van der Waals surface area contributed by atoms with Gasteiger partial charge in [0.05, 0.1) is 12.3 Å². The number of nitrogens with zero attached hydrogens (tertiary/aromatic N) is 4. The van der Waals surface area contributed by atoms with Crippen molar-refractivity contribution in [2.24, 2.45) is 0 Å². The summed E-state index contributed by atoms with van der Waals surface area (Å²) in [6, 6.07) is 9.80. The summed E-state index contributed by atoms with van der Waals surface area (Å²) in [5, 5.41) is 20.6. The highest BCUT2D eigenvalue weighted by molar-refractivity contribution is 5.91. The topological polar surface area (TPSA) is 107 Å². The summed E-state index contributed by atoms with van der Waals surface area (Å²) in [6.45, 7) is 5.21. The van der Waals surface area contributed by atoms with Crippen LogP contribution in [0.1, 0.15) is 38.9 Å². The number of likely N-dealkylation sites (tertiary alicyclic amines) is 1. The fraction of sp³-hybridized carbons (Fsp3) is 0.364. The van der Waals surface area contributed by atoms with E-state index in [1.54, 1.807) is 11.1 Å². The maximum absolute atomic E-state index is 13.1. The minimum Gasteiger partial charge on any atom is -0.391 e. The van der Waals surface area contributed by atoms with E-state index >= 15 is 0 Å². The Hall–Kier alpha value is -3.26. The molecule has 2 unspecified atom stereocenters. The van der Waals surface area contributed by atoms with Gasteiger partial charge >= 0.3 is 0 Å². The van der Waals surface area contributed by atoms with Crippen molar-refractivity contribution < 1.29 is 9.90 Å². The average molecular weight is 406 g/mol. The number of rotatable bonds is 6. The first-order valence-corrected chi connectivity index (χ1v) is 10.1. The molecule has 0 radical (unpaired) electrons. The molecule has 1 amide bonds. The second-order valence-corrected chi connectivity index (χ2v) is 7.68. The first-order valence-electron chi connectivity index (χ1n) is 10.1. The van der Waals surface area contributed by atoms with E-state index in [1.165, 1.54) is 0 Å². The molecule has 30 heavy (non-hydrogen) atoms. The number of benzene rings is 1. The molecule has 2 atom stereocenters. The smallest absolute Gasteiger partial charge is 0.291 e. The molecular formula is C22H26N6O2. The Morgan fingerprint density at radius 1 is 1.23 bits per heavy atom. The number of hydrogen-bond acceptors (Lipinski definition) is 6. The van der Waals surface area contributed by atoms with Gasteiger partial charge < -0.3 is 15.3 Å². The fourth-order valence-corrected chi connectivity index (χ4v) is 3.76. The maximum atomic E-state index is 13.1. The molecule has 3 N–H and O–H groups in total. The molecule has 156 valence electrons. The van der Waals surface area contributed by atoms with Gasteiger partial charge in [-0.3, -0.25) is 9.89 Å². The van der Waals surface area contributed by atoms with Gasteiger partial charge in [-0.2, -0.15) is 5.10 Å². The van der Waals surface area contributed by atoms with E-state index in [0.717, 1.165) is 28.8 Å². The number of aliphatic hydroxyl groups excluding tert-OH is 1. The second-order valence-electron chi connectivity index (χ2n) is 7.68. The average Bonchev–Trinajstić information content (AvgIpc) is 3.41. The number of H-pyrrole nitrogens is 1. The van der Waals surface area contributed by atoms with Gasteiger partial charge in [0.1, 0.15) is 5.82 Å². The molecule has 1 fully saturated rings. The van der Waals surface area contributed by atoms with Crippen LogP contribution >= 0.6 is 0 Å². The van der Waals surface area contributed by atoms with Gasteiger partial charge in [0.2, 0.25) is 5.82 Å². The van der Waals surface area contributed by atoms with Gasteiger partial charge in [-0.15, -0.1) is 0 Å². The van der Waals surface area contributed by atoms with Crippen molar-refractivity contribution in [3.8, 4) is 0 Å². The Kier molecular flexibility index (Phi) is 5.76. The van der Waals surface area contributed by atoms with Gasteiger partial charge in [-0.25, -0.2) is 9.97 Å². The molecular weight excluding hydrogens is 380 g/mol. The van der Waals surface area contributed by atoms with Crippen LogP contribution in [0.15, 0.2) is 42.7 Å². The molecule has 3 heterocycles. The maximum Gasteiger partial charge on any atom is 0.291 e. The van der Waals surface area contributed by atoms with Crippen LogP contribution in [0.5, 0.6) is 0 Å². The first kappa shape index (κ1) is 20.0. The van der Waals surface area contributed by atoms with Gasteiger partial charge in [0.25, 0.3) is 5.91 Å². The molecule has 1 saturated heterocycles. The zero-order valence-corrected chi connectivity index (χ0v) is 17.2. The molecule has 0 bridgehead atoms. The minimum atomic E-state index is -0.601. The van der Waals surface area contributed by atoms with Crippen LogP contribution in [0.25, 0.3) is 0 Å². The Morgan fingerprint density at radius 2 is 2.03 bits per heavy atom. The van der Waals surface area contributed by atoms with E-state index in [0.29, 0.717) is 18.9 Å². The third-order valence-corrected chi connectivity index (χ3v) is 5.65. The van der Waals surface area contributed by atoms with Crippen molar-refractivity contribution in [1.29, 1.82) is 0 Å². The number of β-amino-alcohol motifs (C(OH)–C–C–N with tert-alkyl or cyclic N) is 1. The SMILES string of the molecule is Cc1nc(C(=O)N2CC(O)C(c3ccccc3)C2)nc(NCCc2cn[nH]c2)c1C. The Morgan fingerprint density at radius 3 is 2.77 bits per heavy atom. The molecule has 1 aliphatic rings. The fourth-order valence-electron chi connectivity index (χ4n) is 3.76. The van der Waals surface area contributed by atoms with Gasteiger partial charge in [-0.1, -0.05) is 30.3 Å². The molecule has 0 spiro atoms. The van der Waals surface area contributed by atoms with E-state index in [-0.39, 0.29) is 24.2 Å². The molecule has 8 heteroatoms. The van der Waals surface area contributed by atoms with E-state index in [1.807, 2.05) is 50.4 Å². The summed E-state index contributed by atoms with van der Waals surface area (Å²) in [4.78, 5) is 23.7. The van der Waals surface area contributed by atoms with Crippen LogP contribution < -0.4 is 5.32 Å². The summed E-state index contributed by atoms with van der Waals surface area (Å²) < 4.78 is 0. The van der Waals surface area contributed by atoms with Gasteiger partial charge in [0, 0.05) is 43.0 Å². The predicted octanol–water partition coefficient (Wildman–Crippen LogP) is 2.07. The third-order valence-electron chi connectivity index (χ3n) is 5.65. The number of aromatic nitrogens is 4. The lowest BCUT2D eigenvalue weighted by Crippen LogP contribution is -2.31. The summed E-state index contributed by atoms with van der Waals surface area (Å²) in [7, 11) is 0. The predicted molar refractivity (Wildman–Crippen MR) is 113 cm³/mol. The molecule has 0 aliphatic carbocycles. The summed E-state index contributed by atoms with van der Waals surface area (Å²) in [5.41, 5.74) is 3.81. The van der Waals surface area contributed by atoms with Crippen LogP contribution in [0.2, 0.25) is 0 Å². The van der Waals surface area contributed by atoms with Gasteiger partial charge in [-0.05, 0) is 31.4 Å². The Bertz CT molecular complexity index is 1010. The highest BCUT2D eigenvalue weighted by atomic mass is 16.3. The number of aryl methyl sites for hydroxylation is 1. The number of aliphatic hydroxyl groups is 1. The number of nitrogens with one attached hydrogen (secondary N) is 2. The van der Waals surface area contributed by atoms with Gasteiger partial charge in [0.15, 0.2) is 0 Å². The van der Waals surface area contributed by atoms with Crippen molar-refractivity contribution in [3.05, 3.63) is 70.9 Å². The Balaban J connectivity index is 1.47. The van der Waals surface area contributed by atoms with Crippen LogP contribution in [0.4, 0.5) is 5.82 Å². The van der Waals surface area contributed by atoms with Crippen LogP contribution in [-0.2, 0) is 6.42 Å². The summed E-state index contributed by atoms with van der Waals surface area (Å²) in [6.07, 6.45) is 3.84. The largest absolute Gasteiger partial charge is 0.391 e. The standard InChI is InChI=1S/C22H26N6O2/c1-14-15(2)26-21(27-20(14)23-9-8-16-10-24-25-11-16)22(30)28-12-18(19(29)13-28)17-6-4-3-5-7-17/h3-7,10-11,18-19,29H,8-9,12-13H2,1-2H3,(H,24,25)(H,23,26,27). The molecule has 8 nitrogen and oxygen atoms in total. The van der Waals surface area contributed by atoms with Crippen LogP contribution in [0, 0.1) is 13.8 Å². The lowest BCUT2D eigenvalue weighted by atomic mass is 9.96.